The van der Waals surface area contributed by atoms with Crippen LogP contribution in [0, 0.1) is 0 Å². The first kappa shape index (κ1) is 13.6. The molecule has 1 saturated carbocycles. The summed E-state index contributed by atoms with van der Waals surface area (Å²) in [7, 11) is 0. The zero-order chi connectivity index (χ0) is 13.9. The molecule has 1 aliphatic carbocycles. The first-order chi connectivity index (χ1) is 9.78. The lowest BCUT2D eigenvalue weighted by molar-refractivity contribution is -0.132. The van der Waals surface area contributed by atoms with Crippen molar-refractivity contribution in [2.75, 3.05) is 19.6 Å². The van der Waals surface area contributed by atoms with Crippen LogP contribution in [0.2, 0.25) is 0 Å². The summed E-state index contributed by atoms with van der Waals surface area (Å²) >= 11 is 0. The van der Waals surface area contributed by atoms with E-state index in [0.717, 1.165) is 38.9 Å². The average molecular weight is 273 g/mol. The summed E-state index contributed by atoms with van der Waals surface area (Å²) in [6, 6.07) is 11.4. The monoisotopic (exact) mass is 273 g/mol. The predicted octanol–water partition coefficient (Wildman–Crippen LogP) is 1.21. The van der Waals surface area contributed by atoms with Gasteiger partial charge in [-0.15, -0.1) is 0 Å². The fourth-order valence-electron chi connectivity index (χ4n) is 3.19. The van der Waals surface area contributed by atoms with Gasteiger partial charge in [-0.3, -0.25) is 9.69 Å². The van der Waals surface area contributed by atoms with Crippen LogP contribution in [0.15, 0.2) is 30.3 Å². The lowest BCUT2D eigenvalue weighted by Gasteiger charge is -2.29. The highest BCUT2D eigenvalue weighted by molar-refractivity contribution is 5.79. The number of nitrogens with two attached hydrogens (primary N) is 1. The Bertz CT molecular complexity index is 458. The van der Waals surface area contributed by atoms with Crippen LogP contribution in [-0.2, 0) is 11.3 Å². The van der Waals surface area contributed by atoms with Crippen molar-refractivity contribution in [3.05, 3.63) is 35.9 Å². The van der Waals surface area contributed by atoms with Gasteiger partial charge in [-0.2, -0.15) is 0 Å². The van der Waals surface area contributed by atoms with E-state index in [1.54, 1.807) is 0 Å². The van der Waals surface area contributed by atoms with Crippen LogP contribution in [0.4, 0.5) is 0 Å². The maximum absolute atomic E-state index is 12.0. The second-order valence-corrected chi connectivity index (χ2v) is 5.90. The Hall–Kier alpha value is -1.39. The van der Waals surface area contributed by atoms with Gasteiger partial charge < -0.3 is 10.6 Å². The smallest absolute Gasteiger partial charge is 0.236 e. The summed E-state index contributed by atoms with van der Waals surface area (Å²) < 4.78 is 0. The molecule has 2 aliphatic rings. The van der Waals surface area contributed by atoms with Gasteiger partial charge in [0.05, 0.1) is 6.54 Å². The minimum Gasteiger partial charge on any atom is -0.334 e. The molecule has 1 heterocycles. The number of amides is 1. The summed E-state index contributed by atoms with van der Waals surface area (Å²) in [6.45, 7) is 3.18. The van der Waals surface area contributed by atoms with Crippen LogP contribution in [0.5, 0.6) is 0 Å². The van der Waals surface area contributed by atoms with Crippen molar-refractivity contribution in [3.8, 4) is 0 Å². The van der Waals surface area contributed by atoms with E-state index in [1.165, 1.54) is 5.56 Å². The number of carbonyl (C=O) groups excluding carboxylic acids is 1. The van der Waals surface area contributed by atoms with E-state index in [0.29, 0.717) is 12.1 Å². The molecule has 4 nitrogen and oxygen atoms in total. The van der Waals surface area contributed by atoms with E-state index in [-0.39, 0.29) is 12.5 Å². The number of benzene rings is 1. The normalized spacial score (nSPS) is 22.9. The van der Waals surface area contributed by atoms with Gasteiger partial charge in [0.2, 0.25) is 5.91 Å². The van der Waals surface area contributed by atoms with E-state index >= 15 is 0 Å². The third-order valence-electron chi connectivity index (χ3n) is 4.29. The first-order valence-corrected chi connectivity index (χ1v) is 7.55. The number of hydrogen-bond donors (Lipinski definition) is 1. The predicted molar refractivity (Wildman–Crippen MR) is 79.0 cm³/mol. The van der Waals surface area contributed by atoms with Crippen molar-refractivity contribution in [3.63, 3.8) is 0 Å². The molecule has 0 spiro atoms. The molecule has 0 bridgehead atoms. The largest absolute Gasteiger partial charge is 0.334 e. The van der Waals surface area contributed by atoms with Crippen LogP contribution in [-0.4, -0.2) is 47.4 Å². The Morgan fingerprint density at radius 1 is 1.20 bits per heavy atom. The van der Waals surface area contributed by atoms with Crippen LogP contribution in [0.25, 0.3) is 0 Å². The van der Waals surface area contributed by atoms with Crippen LogP contribution < -0.4 is 5.73 Å². The molecule has 1 unspecified atom stereocenters. The second-order valence-electron chi connectivity index (χ2n) is 5.90. The molecular formula is C16H23N3O. The fourth-order valence-corrected chi connectivity index (χ4v) is 3.19. The Balaban J connectivity index is 1.59. The maximum atomic E-state index is 12.0. The van der Waals surface area contributed by atoms with Crippen molar-refractivity contribution in [2.24, 2.45) is 5.73 Å². The molecule has 1 amide bonds. The van der Waals surface area contributed by atoms with E-state index in [9.17, 15) is 4.79 Å². The van der Waals surface area contributed by atoms with Crippen molar-refractivity contribution in [2.45, 2.75) is 37.9 Å². The molecule has 3 rings (SSSR count). The molecule has 1 saturated heterocycles. The van der Waals surface area contributed by atoms with E-state index in [1.807, 2.05) is 6.07 Å². The van der Waals surface area contributed by atoms with Crippen LogP contribution in [0.3, 0.4) is 0 Å². The number of rotatable bonds is 5. The van der Waals surface area contributed by atoms with E-state index < -0.39 is 0 Å². The van der Waals surface area contributed by atoms with Crippen molar-refractivity contribution >= 4 is 5.91 Å². The number of likely N-dealkylation sites (tertiary alicyclic amines) is 1. The molecule has 2 fully saturated rings. The molecular weight excluding hydrogens is 250 g/mol. The zero-order valence-electron chi connectivity index (χ0n) is 11.9. The summed E-state index contributed by atoms with van der Waals surface area (Å²) in [5.41, 5.74) is 6.90. The van der Waals surface area contributed by atoms with Gasteiger partial charge in [-0.25, -0.2) is 0 Å². The zero-order valence-corrected chi connectivity index (χ0v) is 11.9. The SMILES string of the molecule is NCC(=O)N(C1CC1)C1CCN(Cc2ccccc2)C1. The van der Waals surface area contributed by atoms with Crippen molar-refractivity contribution in [1.82, 2.24) is 9.80 Å². The standard InChI is InChI=1S/C16H23N3O/c17-10-16(20)19(14-6-7-14)15-8-9-18(12-15)11-13-4-2-1-3-5-13/h1-5,14-15H,6-12,17H2. The molecule has 1 atom stereocenters. The summed E-state index contributed by atoms with van der Waals surface area (Å²) in [5, 5.41) is 0. The highest BCUT2D eigenvalue weighted by atomic mass is 16.2. The van der Waals surface area contributed by atoms with Gasteiger partial charge in [-0.05, 0) is 24.8 Å². The molecule has 0 aromatic heterocycles. The number of hydrogen-bond acceptors (Lipinski definition) is 3. The fraction of sp³-hybridized carbons (Fsp3) is 0.562. The summed E-state index contributed by atoms with van der Waals surface area (Å²) in [6.07, 6.45) is 3.39. The van der Waals surface area contributed by atoms with Crippen LogP contribution >= 0.6 is 0 Å². The topological polar surface area (TPSA) is 49.6 Å². The van der Waals surface area contributed by atoms with Crippen LogP contribution in [0.1, 0.15) is 24.8 Å². The molecule has 0 radical (unpaired) electrons. The van der Waals surface area contributed by atoms with Gasteiger partial charge >= 0.3 is 0 Å². The van der Waals surface area contributed by atoms with Gasteiger partial charge in [-0.1, -0.05) is 30.3 Å². The highest BCUT2D eigenvalue weighted by Crippen LogP contribution is 2.31. The Morgan fingerprint density at radius 2 is 1.95 bits per heavy atom. The van der Waals surface area contributed by atoms with Gasteiger partial charge in [0, 0.05) is 31.7 Å². The van der Waals surface area contributed by atoms with Gasteiger partial charge in [0.25, 0.3) is 0 Å². The molecule has 20 heavy (non-hydrogen) atoms. The van der Waals surface area contributed by atoms with Gasteiger partial charge in [0.1, 0.15) is 0 Å². The first-order valence-electron chi connectivity index (χ1n) is 7.55. The van der Waals surface area contributed by atoms with Crippen molar-refractivity contribution in [1.29, 1.82) is 0 Å². The maximum Gasteiger partial charge on any atom is 0.236 e. The Morgan fingerprint density at radius 3 is 2.60 bits per heavy atom. The summed E-state index contributed by atoms with van der Waals surface area (Å²) in [4.78, 5) is 16.5. The molecule has 4 heteroatoms. The highest BCUT2D eigenvalue weighted by Gasteiger charge is 2.39. The lowest BCUT2D eigenvalue weighted by atomic mass is 10.2. The molecule has 1 aromatic rings. The molecule has 2 N–H and O–H groups in total. The molecule has 1 aliphatic heterocycles. The minimum atomic E-state index is 0.124. The lowest BCUT2D eigenvalue weighted by Crippen LogP contribution is -2.46. The van der Waals surface area contributed by atoms with Gasteiger partial charge in [0.15, 0.2) is 0 Å². The third kappa shape index (κ3) is 3.02. The number of nitrogens with zero attached hydrogens (tertiary/aromatic N) is 2. The van der Waals surface area contributed by atoms with E-state index in [4.69, 9.17) is 5.73 Å². The second kappa shape index (κ2) is 5.94. The Labute approximate surface area is 120 Å². The number of carbonyl (C=O) groups is 1. The minimum absolute atomic E-state index is 0.124. The van der Waals surface area contributed by atoms with Crippen molar-refractivity contribution < 1.29 is 4.79 Å². The quantitative estimate of drug-likeness (QED) is 0.877. The third-order valence-corrected chi connectivity index (χ3v) is 4.29. The Kier molecular flexibility index (Phi) is 4.03. The molecule has 1 aromatic carbocycles. The van der Waals surface area contributed by atoms with E-state index in [2.05, 4.69) is 34.1 Å². The average Bonchev–Trinajstić information content (AvgIpc) is 3.20. The molecule has 108 valence electrons. The summed E-state index contributed by atoms with van der Waals surface area (Å²) in [5.74, 6) is 0.124.